The lowest BCUT2D eigenvalue weighted by Gasteiger charge is -2.19. The third-order valence-corrected chi connectivity index (χ3v) is 5.86. The molecule has 0 radical (unpaired) electrons. The van der Waals surface area contributed by atoms with Crippen molar-refractivity contribution in [3.05, 3.63) is 82.0 Å². The van der Waals surface area contributed by atoms with Gasteiger partial charge in [0, 0.05) is 47.0 Å². The second kappa shape index (κ2) is 9.67. The fourth-order valence-corrected chi connectivity index (χ4v) is 4.32. The molecule has 0 bridgehead atoms. The molecule has 3 aromatic rings. The Balaban J connectivity index is 1.47. The van der Waals surface area contributed by atoms with E-state index in [0.29, 0.717) is 45.6 Å². The maximum atomic E-state index is 12.6. The molecule has 0 saturated heterocycles. The number of allylic oxidation sites excluding steroid dienone is 2. The first kappa shape index (κ1) is 21.6. The summed E-state index contributed by atoms with van der Waals surface area (Å²) in [6.45, 7) is 1.99. The van der Waals surface area contributed by atoms with Crippen LogP contribution in [0, 0.1) is 0 Å². The lowest BCUT2D eigenvalue weighted by atomic mass is 9.94. The van der Waals surface area contributed by atoms with Crippen LogP contribution in [0.25, 0.3) is 0 Å². The summed E-state index contributed by atoms with van der Waals surface area (Å²) in [5.41, 5.74) is 9.20. The quantitative estimate of drug-likeness (QED) is 0.370. The van der Waals surface area contributed by atoms with Crippen molar-refractivity contribution in [3.63, 3.8) is 0 Å². The van der Waals surface area contributed by atoms with E-state index in [2.05, 4.69) is 30.9 Å². The molecule has 4 N–H and O–H groups in total. The molecule has 4 rings (SSSR count). The SMILES string of the molecule is CC(=O)/N=C1\C(SCCNC(c2ccc(N)cc2)c2nnn[nH]2)=CC(=O)c2ccccc21. The Hall–Kier alpha value is -3.63. The molecule has 10 heteroatoms. The van der Waals surface area contributed by atoms with Gasteiger partial charge in [-0.25, -0.2) is 10.1 Å². The summed E-state index contributed by atoms with van der Waals surface area (Å²) < 4.78 is 0. The van der Waals surface area contributed by atoms with E-state index in [0.717, 1.165) is 5.56 Å². The van der Waals surface area contributed by atoms with E-state index in [-0.39, 0.29) is 17.7 Å². The van der Waals surface area contributed by atoms with Crippen LogP contribution in [0.3, 0.4) is 0 Å². The number of H-pyrrole nitrogens is 1. The molecule has 9 nitrogen and oxygen atoms in total. The van der Waals surface area contributed by atoms with Crippen LogP contribution in [-0.4, -0.2) is 50.3 Å². The number of tetrazole rings is 1. The Labute approximate surface area is 188 Å². The Bertz CT molecular complexity index is 1190. The van der Waals surface area contributed by atoms with Crippen LogP contribution in [0.4, 0.5) is 5.69 Å². The average Bonchev–Trinajstić information content (AvgIpc) is 3.31. The predicted molar refractivity (Wildman–Crippen MR) is 123 cm³/mol. The van der Waals surface area contributed by atoms with Crippen molar-refractivity contribution in [1.29, 1.82) is 0 Å². The van der Waals surface area contributed by atoms with Crippen molar-refractivity contribution in [1.82, 2.24) is 25.9 Å². The van der Waals surface area contributed by atoms with Gasteiger partial charge >= 0.3 is 0 Å². The maximum absolute atomic E-state index is 12.6. The van der Waals surface area contributed by atoms with Crippen molar-refractivity contribution in [3.8, 4) is 0 Å². The van der Waals surface area contributed by atoms with Gasteiger partial charge in [0.1, 0.15) is 0 Å². The number of ketones is 1. The number of carbonyl (C=O) groups excluding carboxylic acids is 2. The predicted octanol–water partition coefficient (Wildman–Crippen LogP) is 2.31. The van der Waals surface area contributed by atoms with E-state index in [4.69, 9.17) is 5.73 Å². The van der Waals surface area contributed by atoms with Crippen LogP contribution in [0.15, 0.2) is 64.5 Å². The van der Waals surface area contributed by atoms with Gasteiger partial charge in [-0.1, -0.05) is 36.4 Å². The summed E-state index contributed by atoms with van der Waals surface area (Å²) in [6, 6.07) is 14.4. The molecule has 1 unspecified atom stereocenters. The maximum Gasteiger partial charge on any atom is 0.243 e. The number of nitrogen functional groups attached to an aromatic ring is 1. The summed E-state index contributed by atoms with van der Waals surface area (Å²) in [7, 11) is 0. The topological polar surface area (TPSA) is 139 Å². The number of nitrogens with zero attached hydrogens (tertiary/aromatic N) is 4. The number of hydrogen-bond donors (Lipinski definition) is 3. The number of fused-ring (bicyclic) bond motifs is 1. The van der Waals surface area contributed by atoms with E-state index >= 15 is 0 Å². The van der Waals surface area contributed by atoms with E-state index < -0.39 is 0 Å². The molecule has 1 aliphatic rings. The van der Waals surface area contributed by atoms with Gasteiger partial charge in [0.25, 0.3) is 0 Å². The second-order valence-corrected chi connectivity index (χ2v) is 8.22. The van der Waals surface area contributed by atoms with E-state index in [9.17, 15) is 9.59 Å². The highest BCUT2D eigenvalue weighted by Gasteiger charge is 2.24. The Kier molecular flexibility index (Phi) is 6.52. The molecule has 2 aromatic carbocycles. The molecule has 162 valence electrons. The summed E-state index contributed by atoms with van der Waals surface area (Å²) in [6.07, 6.45) is 1.55. The second-order valence-electron chi connectivity index (χ2n) is 7.09. The first-order chi connectivity index (χ1) is 15.5. The molecule has 0 aliphatic heterocycles. The van der Waals surface area contributed by atoms with Crippen LogP contribution >= 0.6 is 11.8 Å². The average molecular weight is 448 g/mol. The molecule has 1 aliphatic carbocycles. The number of aliphatic imine (C=N–C) groups is 1. The number of anilines is 1. The molecule has 1 aromatic heterocycles. The number of nitrogens with one attached hydrogen (secondary N) is 2. The number of hydrogen-bond acceptors (Lipinski definition) is 8. The van der Waals surface area contributed by atoms with Crippen molar-refractivity contribution in [2.45, 2.75) is 13.0 Å². The monoisotopic (exact) mass is 447 g/mol. The minimum atomic E-state index is -0.310. The smallest absolute Gasteiger partial charge is 0.243 e. The van der Waals surface area contributed by atoms with E-state index in [1.807, 2.05) is 36.4 Å². The van der Waals surface area contributed by atoms with Crippen LogP contribution in [0.2, 0.25) is 0 Å². The standard InChI is InChI=1S/C22H21N7O2S/c1-13(30)25-21-17-5-3-2-4-16(17)18(31)12-19(21)32-11-10-24-20(22-26-28-29-27-22)14-6-8-15(23)9-7-14/h2-9,12,20,24H,10-11,23H2,1H3,(H,26,27,28,29)/b25-21-. The minimum absolute atomic E-state index is 0.0916. The van der Waals surface area contributed by atoms with Crippen molar-refractivity contribution in [2.24, 2.45) is 4.99 Å². The molecule has 0 fully saturated rings. The van der Waals surface area contributed by atoms with Crippen molar-refractivity contribution >= 4 is 34.9 Å². The van der Waals surface area contributed by atoms with Crippen molar-refractivity contribution in [2.75, 3.05) is 18.0 Å². The molecule has 1 heterocycles. The molecule has 0 spiro atoms. The van der Waals surface area contributed by atoms with Gasteiger partial charge in [0.2, 0.25) is 5.91 Å². The number of amides is 1. The molecule has 32 heavy (non-hydrogen) atoms. The van der Waals surface area contributed by atoms with Crippen LogP contribution in [0.1, 0.15) is 40.3 Å². The Morgan fingerprint density at radius 3 is 2.62 bits per heavy atom. The molecule has 1 atom stereocenters. The highest BCUT2D eigenvalue weighted by atomic mass is 32.2. The van der Waals surface area contributed by atoms with Crippen molar-refractivity contribution < 1.29 is 9.59 Å². The number of carbonyl (C=O) groups is 2. The fraction of sp³-hybridized carbons (Fsp3) is 0.182. The first-order valence-corrected chi connectivity index (χ1v) is 10.9. The number of thioether (sulfide) groups is 1. The summed E-state index contributed by atoms with van der Waals surface area (Å²) in [4.78, 5) is 29.1. The summed E-state index contributed by atoms with van der Waals surface area (Å²) in [5.74, 6) is 0.811. The number of nitrogens with two attached hydrogens (primary N) is 1. The van der Waals surface area contributed by atoms with Gasteiger partial charge in [0.15, 0.2) is 11.6 Å². The van der Waals surface area contributed by atoms with E-state index in [1.165, 1.54) is 18.7 Å². The van der Waals surface area contributed by atoms with E-state index in [1.54, 1.807) is 18.2 Å². The zero-order valence-corrected chi connectivity index (χ0v) is 18.1. The Morgan fingerprint density at radius 1 is 1.19 bits per heavy atom. The van der Waals surface area contributed by atoms with Gasteiger partial charge in [-0.05, 0) is 28.1 Å². The van der Waals surface area contributed by atoms with Crippen LogP contribution in [-0.2, 0) is 4.79 Å². The lowest BCUT2D eigenvalue weighted by molar-refractivity contribution is -0.115. The molecular formula is C22H21N7O2S. The lowest BCUT2D eigenvalue weighted by Crippen LogP contribution is -2.26. The number of aromatic nitrogens is 4. The van der Waals surface area contributed by atoms with Crippen LogP contribution in [0.5, 0.6) is 0 Å². The third kappa shape index (κ3) is 4.82. The van der Waals surface area contributed by atoms with Gasteiger partial charge in [-0.15, -0.1) is 16.9 Å². The fourth-order valence-electron chi connectivity index (χ4n) is 3.40. The molecular weight excluding hydrogens is 426 g/mol. The molecule has 1 amide bonds. The summed E-state index contributed by atoms with van der Waals surface area (Å²) in [5, 5.41) is 17.6. The van der Waals surface area contributed by atoms with Gasteiger partial charge in [-0.2, -0.15) is 0 Å². The zero-order valence-electron chi connectivity index (χ0n) is 17.3. The first-order valence-electron chi connectivity index (χ1n) is 9.93. The van der Waals surface area contributed by atoms with Gasteiger partial charge < -0.3 is 11.1 Å². The number of benzene rings is 2. The largest absolute Gasteiger partial charge is 0.399 e. The number of aromatic amines is 1. The highest BCUT2D eigenvalue weighted by Crippen LogP contribution is 2.29. The molecule has 0 saturated carbocycles. The third-order valence-electron chi connectivity index (χ3n) is 4.83. The highest BCUT2D eigenvalue weighted by molar-refractivity contribution is 8.04. The van der Waals surface area contributed by atoms with Crippen LogP contribution < -0.4 is 11.1 Å². The zero-order chi connectivity index (χ0) is 22.5. The minimum Gasteiger partial charge on any atom is -0.399 e. The van der Waals surface area contributed by atoms with Gasteiger partial charge in [0.05, 0.1) is 11.8 Å². The summed E-state index contributed by atoms with van der Waals surface area (Å²) >= 11 is 1.46. The Morgan fingerprint density at radius 2 is 1.94 bits per heavy atom. The van der Waals surface area contributed by atoms with Gasteiger partial charge in [-0.3, -0.25) is 9.59 Å². The normalized spacial score (nSPS) is 15.3. The number of rotatable bonds is 7.